The molecule has 5 heteroatoms. The van der Waals surface area contributed by atoms with Gasteiger partial charge in [0.1, 0.15) is 0 Å². The summed E-state index contributed by atoms with van der Waals surface area (Å²) in [5.74, 6) is 0.154. The maximum absolute atomic E-state index is 12.0. The molecule has 2 rings (SSSR count). The molecule has 0 radical (unpaired) electrons. The number of hydrogen-bond acceptors (Lipinski definition) is 3. The SMILES string of the molecule is Cc1ccc(NS(=O)(=O)CC2CCCCN2)cc1. The van der Waals surface area contributed by atoms with Gasteiger partial charge >= 0.3 is 0 Å². The molecule has 0 aliphatic carbocycles. The zero-order valence-electron chi connectivity index (χ0n) is 10.6. The van der Waals surface area contributed by atoms with Crippen molar-refractivity contribution in [3.63, 3.8) is 0 Å². The quantitative estimate of drug-likeness (QED) is 0.876. The Kier molecular flexibility index (Phi) is 4.24. The first-order chi connectivity index (χ1) is 8.55. The van der Waals surface area contributed by atoms with E-state index in [-0.39, 0.29) is 11.8 Å². The van der Waals surface area contributed by atoms with E-state index < -0.39 is 10.0 Å². The topological polar surface area (TPSA) is 58.2 Å². The van der Waals surface area contributed by atoms with Crippen LogP contribution in [0.1, 0.15) is 24.8 Å². The summed E-state index contributed by atoms with van der Waals surface area (Å²) in [5.41, 5.74) is 1.75. The van der Waals surface area contributed by atoms with E-state index in [1.807, 2.05) is 19.1 Å². The number of benzene rings is 1. The Morgan fingerprint density at radius 3 is 2.61 bits per heavy atom. The van der Waals surface area contributed by atoms with Crippen LogP contribution in [0, 0.1) is 6.92 Å². The summed E-state index contributed by atoms with van der Waals surface area (Å²) in [6.07, 6.45) is 3.19. The van der Waals surface area contributed by atoms with Crippen molar-refractivity contribution in [3.8, 4) is 0 Å². The zero-order chi connectivity index (χ0) is 13.0. The van der Waals surface area contributed by atoms with Crippen LogP contribution < -0.4 is 10.0 Å². The second-order valence-electron chi connectivity index (χ2n) is 4.90. The lowest BCUT2D eigenvalue weighted by Crippen LogP contribution is -2.40. The third-order valence-electron chi connectivity index (χ3n) is 3.16. The minimum atomic E-state index is -3.26. The van der Waals surface area contributed by atoms with Gasteiger partial charge in [-0.15, -0.1) is 0 Å². The predicted molar refractivity (Wildman–Crippen MR) is 74.2 cm³/mol. The van der Waals surface area contributed by atoms with E-state index in [9.17, 15) is 8.42 Å². The summed E-state index contributed by atoms with van der Waals surface area (Å²) in [7, 11) is -3.26. The Labute approximate surface area is 109 Å². The van der Waals surface area contributed by atoms with E-state index >= 15 is 0 Å². The molecule has 1 aliphatic heterocycles. The van der Waals surface area contributed by atoms with Crippen molar-refractivity contribution in [2.75, 3.05) is 17.0 Å². The Hall–Kier alpha value is -1.07. The van der Waals surface area contributed by atoms with Crippen LogP contribution in [0.15, 0.2) is 24.3 Å². The molecule has 1 heterocycles. The van der Waals surface area contributed by atoms with Gasteiger partial charge in [0.2, 0.25) is 10.0 Å². The normalized spacial score (nSPS) is 20.6. The maximum atomic E-state index is 12.0. The van der Waals surface area contributed by atoms with Crippen LogP contribution in [0.25, 0.3) is 0 Å². The molecule has 0 bridgehead atoms. The lowest BCUT2D eigenvalue weighted by atomic mass is 10.1. The molecule has 1 aromatic carbocycles. The molecule has 2 N–H and O–H groups in total. The molecule has 1 saturated heterocycles. The van der Waals surface area contributed by atoms with E-state index in [4.69, 9.17) is 0 Å². The average molecular weight is 268 g/mol. The molecular weight excluding hydrogens is 248 g/mol. The largest absolute Gasteiger partial charge is 0.313 e. The second kappa shape index (κ2) is 5.71. The fourth-order valence-electron chi connectivity index (χ4n) is 2.17. The number of anilines is 1. The highest BCUT2D eigenvalue weighted by atomic mass is 32.2. The van der Waals surface area contributed by atoms with Gasteiger partial charge in [0.25, 0.3) is 0 Å². The molecule has 1 aliphatic rings. The number of sulfonamides is 1. The average Bonchev–Trinajstić information content (AvgIpc) is 2.32. The molecule has 1 fully saturated rings. The van der Waals surface area contributed by atoms with Crippen LogP contribution in [0.5, 0.6) is 0 Å². The van der Waals surface area contributed by atoms with Crippen LogP contribution in [-0.4, -0.2) is 26.8 Å². The number of aryl methyl sites for hydroxylation is 1. The van der Waals surface area contributed by atoms with Gasteiger partial charge in [-0.3, -0.25) is 4.72 Å². The van der Waals surface area contributed by atoms with E-state index in [0.717, 1.165) is 31.4 Å². The third kappa shape index (κ3) is 3.99. The first kappa shape index (κ1) is 13.4. The van der Waals surface area contributed by atoms with Crippen LogP contribution in [0.2, 0.25) is 0 Å². The van der Waals surface area contributed by atoms with Crippen LogP contribution in [0.3, 0.4) is 0 Å². The second-order valence-corrected chi connectivity index (χ2v) is 6.66. The lowest BCUT2D eigenvalue weighted by Gasteiger charge is -2.23. The fraction of sp³-hybridized carbons (Fsp3) is 0.538. The van der Waals surface area contributed by atoms with Crippen LogP contribution >= 0.6 is 0 Å². The first-order valence-corrected chi connectivity index (χ1v) is 8.01. The molecule has 18 heavy (non-hydrogen) atoms. The molecule has 0 spiro atoms. The molecule has 100 valence electrons. The van der Waals surface area contributed by atoms with Gasteiger partial charge < -0.3 is 5.32 Å². The highest BCUT2D eigenvalue weighted by Crippen LogP contribution is 2.13. The molecule has 1 unspecified atom stereocenters. The summed E-state index contributed by atoms with van der Waals surface area (Å²) in [5, 5.41) is 3.25. The van der Waals surface area contributed by atoms with E-state index in [1.54, 1.807) is 12.1 Å². The monoisotopic (exact) mass is 268 g/mol. The Morgan fingerprint density at radius 1 is 1.28 bits per heavy atom. The molecule has 4 nitrogen and oxygen atoms in total. The minimum absolute atomic E-state index is 0.0849. The summed E-state index contributed by atoms with van der Waals surface area (Å²) in [6.45, 7) is 2.90. The van der Waals surface area contributed by atoms with E-state index in [0.29, 0.717) is 5.69 Å². The van der Waals surface area contributed by atoms with Crippen molar-refractivity contribution in [3.05, 3.63) is 29.8 Å². The highest BCUT2D eigenvalue weighted by molar-refractivity contribution is 7.92. The summed E-state index contributed by atoms with van der Waals surface area (Å²) in [6, 6.07) is 7.47. The molecule has 1 aromatic rings. The molecule has 1 atom stereocenters. The zero-order valence-corrected chi connectivity index (χ0v) is 11.5. The summed E-state index contributed by atoms with van der Waals surface area (Å²) < 4.78 is 26.6. The highest BCUT2D eigenvalue weighted by Gasteiger charge is 2.20. The Balaban J connectivity index is 1.96. The van der Waals surface area contributed by atoms with Crippen molar-refractivity contribution in [2.45, 2.75) is 32.2 Å². The smallest absolute Gasteiger partial charge is 0.234 e. The van der Waals surface area contributed by atoms with Crippen LogP contribution in [0.4, 0.5) is 5.69 Å². The van der Waals surface area contributed by atoms with Gasteiger partial charge in [0.05, 0.1) is 5.75 Å². The lowest BCUT2D eigenvalue weighted by molar-refractivity contribution is 0.424. The van der Waals surface area contributed by atoms with Crippen molar-refractivity contribution >= 4 is 15.7 Å². The Morgan fingerprint density at radius 2 is 2.00 bits per heavy atom. The Bertz CT molecular complexity index is 476. The van der Waals surface area contributed by atoms with Crippen LogP contribution in [-0.2, 0) is 10.0 Å². The van der Waals surface area contributed by atoms with E-state index in [1.165, 1.54) is 0 Å². The van der Waals surface area contributed by atoms with Crippen molar-refractivity contribution in [2.24, 2.45) is 0 Å². The fourth-order valence-corrected chi connectivity index (χ4v) is 3.57. The van der Waals surface area contributed by atoms with Gasteiger partial charge in [0, 0.05) is 11.7 Å². The van der Waals surface area contributed by atoms with Gasteiger partial charge in [-0.25, -0.2) is 8.42 Å². The van der Waals surface area contributed by atoms with E-state index in [2.05, 4.69) is 10.0 Å². The third-order valence-corrected chi connectivity index (χ3v) is 4.55. The number of rotatable bonds is 4. The number of nitrogens with one attached hydrogen (secondary N) is 2. The minimum Gasteiger partial charge on any atom is -0.313 e. The molecule has 0 saturated carbocycles. The van der Waals surface area contributed by atoms with Gasteiger partial charge in [0.15, 0.2) is 0 Å². The molecule has 0 aromatic heterocycles. The van der Waals surface area contributed by atoms with Gasteiger partial charge in [-0.2, -0.15) is 0 Å². The van der Waals surface area contributed by atoms with Crippen molar-refractivity contribution in [1.29, 1.82) is 0 Å². The molecule has 0 amide bonds. The first-order valence-electron chi connectivity index (χ1n) is 6.36. The maximum Gasteiger partial charge on any atom is 0.234 e. The summed E-state index contributed by atoms with van der Waals surface area (Å²) in [4.78, 5) is 0. The number of hydrogen-bond donors (Lipinski definition) is 2. The standard InChI is InChI=1S/C13H20N2O2S/c1-11-5-7-12(8-6-11)15-18(16,17)10-13-4-2-3-9-14-13/h5-8,13-15H,2-4,9-10H2,1H3. The number of piperidine rings is 1. The van der Waals surface area contributed by atoms with Crippen molar-refractivity contribution < 1.29 is 8.42 Å². The van der Waals surface area contributed by atoms with Gasteiger partial charge in [-0.05, 0) is 38.4 Å². The molecular formula is C13H20N2O2S. The van der Waals surface area contributed by atoms with Gasteiger partial charge in [-0.1, -0.05) is 24.1 Å². The van der Waals surface area contributed by atoms with Crippen molar-refractivity contribution in [1.82, 2.24) is 5.32 Å². The summed E-state index contributed by atoms with van der Waals surface area (Å²) >= 11 is 0. The predicted octanol–water partition coefficient (Wildman–Crippen LogP) is 1.88.